The van der Waals surface area contributed by atoms with Crippen LogP contribution in [-0.2, 0) is 9.53 Å². The fourth-order valence-electron chi connectivity index (χ4n) is 1.64. The second-order valence-electron chi connectivity index (χ2n) is 4.00. The van der Waals surface area contributed by atoms with Crippen LogP contribution >= 0.6 is 11.8 Å². The van der Waals surface area contributed by atoms with E-state index in [2.05, 4.69) is 10.2 Å². The van der Waals surface area contributed by atoms with E-state index in [0.717, 1.165) is 11.3 Å². The minimum Gasteiger partial charge on any atom is -0.497 e. The molecule has 1 aromatic carbocycles. The molecule has 0 atom stereocenters. The first-order valence-corrected chi connectivity index (χ1v) is 7.27. The van der Waals surface area contributed by atoms with Gasteiger partial charge in [0.2, 0.25) is 5.16 Å². The first kappa shape index (κ1) is 15.2. The second kappa shape index (κ2) is 6.98. The molecular weight excluding hydrogens is 292 g/mol. The van der Waals surface area contributed by atoms with E-state index < -0.39 is 0 Å². The van der Waals surface area contributed by atoms with Crippen LogP contribution in [0.4, 0.5) is 0 Å². The maximum atomic E-state index is 11.3. The summed E-state index contributed by atoms with van der Waals surface area (Å²) in [6.07, 6.45) is 0. The van der Waals surface area contributed by atoms with E-state index in [9.17, 15) is 4.79 Å². The highest BCUT2D eigenvalue weighted by molar-refractivity contribution is 7.99. The Morgan fingerprint density at radius 3 is 2.67 bits per heavy atom. The van der Waals surface area contributed by atoms with Crippen LogP contribution in [-0.4, -0.2) is 40.3 Å². The van der Waals surface area contributed by atoms with Crippen LogP contribution in [0.5, 0.6) is 5.75 Å². The van der Waals surface area contributed by atoms with E-state index >= 15 is 0 Å². The molecule has 2 aromatic rings. The molecule has 0 bridgehead atoms. The lowest BCUT2D eigenvalue weighted by molar-refractivity contribution is -0.139. The summed E-state index contributed by atoms with van der Waals surface area (Å²) in [5.41, 5.74) is 0.814. The van der Waals surface area contributed by atoms with Gasteiger partial charge in [0.15, 0.2) is 5.82 Å². The van der Waals surface area contributed by atoms with Crippen LogP contribution in [0.25, 0.3) is 11.4 Å². The average molecular weight is 308 g/mol. The van der Waals surface area contributed by atoms with Crippen molar-refractivity contribution in [1.29, 1.82) is 0 Å². The van der Waals surface area contributed by atoms with Gasteiger partial charge in [-0.1, -0.05) is 11.8 Å². The van der Waals surface area contributed by atoms with Gasteiger partial charge in [0.1, 0.15) is 5.75 Å². The Balaban J connectivity index is 2.10. The molecule has 0 saturated carbocycles. The van der Waals surface area contributed by atoms with Crippen LogP contribution in [0.15, 0.2) is 29.4 Å². The molecule has 0 aliphatic carbocycles. The van der Waals surface area contributed by atoms with Crippen molar-refractivity contribution in [3.63, 3.8) is 0 Å². The van der Waals surface area contributed by atoms with Gasteiger partial charge >= 0.3 is 5.97 Å². The number of rotatable bonds is 6. The molecule has 1 heterocycles. The summed E-state index contributed by atoms with van der Waals surface area (Å²) in [6, 6.07) is 7.31. The second-order valence-corrected chi connectivity index (χ2v) is 4.94. The number of hydrogen-bond donors (Lipinski definition) is 1. The zero-order chi connectivity index (χ0) is 15.2. The van der Waals surface area contributed by atoms with Gasteiger partial charge in [-0.25, -0.2) is 4.68 Å². The predicted molar refractivity (Wildman–Crippen MR) is 79.5 cm³/mol. The van der Waals surface area contributed by atoms with E-state index in [4.69, 9.17) is 15.3 Å². The number of aromatic nitrogens is 3. The van der Waals surface area contributed by atoms with Crippen molar-refractivity contribution in [2.45, 2.75) is 12.1 Å². The molecule has 2 N–H and O–H groups in total. The maximum Gasteiger partial charge on any atom is 0.316 e. The maximum absolute atomic E-state index is 11.3. The summed E-state index contributed by atoms with van der Waals surface area (Å²) in [6.45, 7) is 2.11. The summed E-state index contributed by atoms with van der Waals surface area (Å²) in [5.74, 6) is 7.06. The summed E-state index contributed by atoms with van der Waals surface area (Å²) in [5, 5.41) is 8.47. The molecule has 0 unspecified atom stereocenters. The third-order valence-corrected chi connectivity index (χ3v) is 3.55. The molecule has 112 valence electrons. The van der Waals surface area contributed by atoms with Crippen molar-refractivity contribution in [2.75, 3.05) is 25.3 Å². The Morgan fingerprint density at radius 2 is 2.05 bits per heavy atom. The SMILES string of the molecule is CCOC(=O)CSc1nnc(-c2ccc(OC)cc2)n1N. The molecule has 0 amide bonds. The normalized spacial score (nSPS) is 10.4. The average Bonchev–Trinajstić information content (AvgIpc) is 2.87. The van der Waals surface area contributed by atoms with Gasteiger partial charge in [-0.3, -0.25) is 4.79 Å². The number of thioether (sulfide) groups is 1. The smallest absolute Gasteiger partial charge is 0.316 e. The monoisotopic (exact) mass is 308 g/mol. The number of nitrogen functional groups attached to an aromatic ring is 1. The van der Waals surface area contributed by atoms with Gasteiger partial charge in [0, 0.05) is 5.56 Å². The summed E-state index contributed by atoms with van der Waals surface area (Å²) < 4.78 is 11.3. The van der Waals surface area contributed by atoms with E-state index in [0.29, 0.717) is 17.6 Å². The Morgan fingerprint density at radius 1 is 1.33 bits per heavy atom. The Hall–Kier alpha value is -2.22. The molecule has 0 aliphatic heterocycles. The first-order valence-electron chi connectivity index (χ1n) is 6.29. The van der Waals surface area contributed by atoms with Gasteiger partial charge in [-0.2, -0.15) is 0 Å². The molecule has 8 heteroatoms. The Labute approximate surface area is 126 Å². The molecule has 0 radical (unpaired) electrons. The molecule has 0 fully saturated rings. The molecular formula is C13H16N4O3S. The standard InChI is InChI=1S/C13H16N4O3S/c1-3-20-11(18)8-21-13-16-15-12(17(13)14)9-4-6-10(19-2)7-5-9/h4-7H,3,8,14H2,1-2H3. The highest BCUT2D eigenvalue weighted by atomic mass is 32.2. The van der Waals surface area contributed by atoms with Crippen LogP contribution in [0.2, 0.25) is 0 Å². The largest absolute Gasteiger partial charge is 0.497 e. The van der Waals surface area contributed by atoms with Crippen LogP contribution < -0.4 is 10.6 Å². The number of carbonyl (C=O) groups is 1. The van der Waals surface area contributed by atoms with Gasteiger partial charge in [-0.15, -0.1) is 10.2 Å². The van der Waals surface area contributed by atoms with E-state index in [1.807, 2.05) is 24.3 Å². The zero-order valence-corrected chi connectivity index (χ0v) is 12.6. The number of nitrogens with two attached hydrogens (primary N) is 1. The molecule has 7 nitrogen and oxygen atoms in total. The first-order chi connectivity index (χ1) is 10.2. The van der Waals surface area contributed by atoms with Crippen molar-refractivity contribution in [3.8, 4) is 17.1 Å². The van der Waals surface area contributed by atoms with E-state index in [1.165, 1.54) is 16.4 Å². The lowest BCUT2D eigenvalue weighted by Gasteiger charge is -2.04. The predicted octanol–water partition coefficient (Wildman–Crippen LogP) is 1.32. The number of carbonyl (C=O) groups excluding carboxylic acids is 1. The third kappa shape index (κ3) is 3.66. The van der Waals surface area contributed by atoms with E-state index in [1.54, 1.807) is 14.0 Å². The molecule has 1 aromatic heterocycles. The Bertz CT molecular complexity index is 612. The minimum absolute atomic E-state index is 0.145. The van der Waals surface area contributed by atoms with Crippen molar-refractivity contribution in [1.82, 2.24) is 14.9 Å². The van der Waals surface area contributed by atoms with Crippen LogP contribution in [0.1, 0.15) is 6.92 Å². The summed E-state index contributed by atoms with van der Waals surface area (Å²) in [7, 11) is 1.60. The number of hydrogen-bond acceptors (Lipinski definition) is 7. The topological polar surface area (TPSA) is 92.3 Å². The quantitative estimate of drug-likeness (QED) is 0.489. The number of benzene rings is 1. The number of ether oxygens (including phenoxy) is 2. The fourth-order valence-corrected chi connectivity index (χ4v) is 2.29. The van der Waals surface area contributed by atoms with E-state index in [-0.39, 0.29) is 11.7 Å². The highest BCUT2D eigenvalue weighted by Gasteiger charge is 2.14. The van der Waals surface area contributed by atoms with Gasteiger partial charge in [0.25, 0.3) is 0 Å². The number of nitrogens with zero attached hydrogens (tertiary/aromatic N) is 3. The van der Waals surface area contributed by atoms with Crippen LogP contribution in [0.3, 0.4) is 0 Å². The van der Waals surface area contributed by atoms with Crippen molar-refractivity contribution in [2.24, 2.45) is 0 Å². The van der Waals surface area contributed by atoms with Gasteiger partial charge < -0.3 is 15.3 Å². The minimum atomic E-state index is -0.309. The van der Waals surface area contributed by atoms with Crippen LogP contribution in [0, 0.1) is 0 Å². The molecule has 21 heavy (non-hydrogen) atoms. The molecule has 0 aliphatic rings. The molecule has 0 saturated heterocycles. The fraction of sp³-hybridized carbons (Fsp3) is 0.308. The zero-order valence-electron chi connectivity index (χ0n) is 11.8. The Kier molecular flexibility index (Phi) is 5.04. The van der Waals surface area contributed by atoms with Crippen molar-refractivity contribution < 1.29 is 14.3 Å². The summed E-state index contributed by atoms with van der Waals surface area (Å²) >= 11 is 1.18. The third-order valence-electron chi connectivity index (χ3n) is 2.64. The number of esters is 1. The van der Waals surface area contributed by atoms with Gasteiger partial charge in [-0.05, 0) is 31.2 Å². The molecule has 0 spiro atoms. The van der Waals surface area contributed by atoms with Gasteiger partial charge in [0.05, 0.1) is 19.5 Å². The van der Waals surface area contributed by atoms with Crippen molar-refractivity contribution in [3.05, 3.63) is 24.3 Å². The number of methoxy groups -OCH3 is 1. The lowest BCUT2D eigenvalue weighted by atomic mass is 10.2. The highest BCUT2D eigenvalue weighted by Crippen LogP contribution is 2.23. The summed E-state index contributed by atoms with van der Waals surface area (Å²) in [4.78, 5) is 11.3. The lowest BCUT2D eigenvalue weighted by Crippen LogP contribution is -2.13. The van der Waals surface area contributed by atoms with Crippen molar-refractivity contribution >= 4 is 17.7 Å². The molecule has 2 rings (SSSR count).